The Morgan fingerprint density at radius 1 is 1.18 bits per heavy atom. The first kappa shape index (κ1) is 16.1. The van der Waals surface area contributed by atoms with Gasteiger partial charge in [0.25, 0.3) is 0 Å². The molecule has 1 aliphatic heterocycles. The van der Waals surface area contributed by atoms with Crippen molar-refractivity contribution in [3.05, 3.63) is 10.6 Å². The fraction of sp³-hybridized carbons (Fsp3) is 0.714. The Kier molecular flexibility index (Phi) is 5.58. The number of nitriles is 1. The van der Waals surface area contributed by atoms with Crippen LogP contribution in [0.1, 0.15) is 26.7 Å². The van der Waals surface area contributed by atoms with Gasteiger partial charge in [0.05, 0.1) is 0 Å². The summed E-state index contributed by atoms with van der Waals surface area (Å²) in [7, 11) is 0. The minimum atomic E-state index is -0.625. The summed E-state index contributed by atoms with van der Waals surface area (Å²) < 4.78 is 5.18. The Bertz CT molecular complexity index is 567. The second kappa shape index (κ2) is 7.64. The zero-order valence-corrected chi connectivity index (χ0v) is 13.2. The number of aromatic nitrogens is 2. The Morgan fingerprint density at radius 2 is 1.82 bits per heavy atom. The van der Waals surface area contributed by atoms with Crippen molar-refractivity contribution in [2.45, 2.75) is 26.7 Å². The lowest BCUT2D eigenvalue weighted by Gasteiger charge is -2.31. The summed E-state index contributed by atoms with van der Waals surface area (Å²) in [5.74, 6) is -0.235. The summed E-state index contributed by atoms with van der Waals surface area (Å²) in [5, 5.41) is 8.88. The number of anilines is 2. The Morgan fingerprint density at radius 3 is 2.36 bits per heavy atom. The molecule has 120 valence electrons. The van der Waals surface area contributed by atoms with E-state index in [1.165, 1.54) is 0 Å². The summed E-state index contributed by atoms with van der Waals surface area (Å²) in [4.78, 5) is 25.6. The molecule has 1 fully saturated rings. The van der Waals surface area contributed by atoms with E-state index < -0.39 is 5.76 Å². The highest BCUT2D eigenvalue weighted by molar-refractivity contribution is 5.36. The average Bonchev–Trinajstić information content (AvgIpc) is 2.54. The molecule has 0 aromatic carbocycles. The molecule has 0 atom stereocenters. The SMILES string of the molecule is CCCN(CCC)c1nc(N2CCN(C#N)CC2)nc(=O)o1. The highest BCUT2D eigenvalue weighted by Gasteiger charge is 2.21. The van der Waals surface area contributed by atoms with Crippen LogP contribution in [0.5, 0.6) is 0 Å². The predicted octanol–water partition coefficient (Wildman–Crippen LogP) is 0.659. The highest BCUT2D eigenvalue weighted by atomic mass is 16.4. The van der Waals surface area contributed by atoms with Crippen LogP contribution in [0.3, 0.4) is 0 Å². The van der Waals surface area contributed by atoms with Crippen molar-refractivity contribution in [1.29, 1.82) is 5.26 Å². The van der Waals surface area contributed by atoms with Gasteiger partial charge in [-0.05, 0) is 12.8 Å². The molecule has 8 nitrogen and oxygen atoms in total. The van der Waals surface area contributed by atoms with E-state index in [9.17, 15) is 4.79 Å². The smallest absolute Gasteiger partial charge is 0.374 e. The first-order valence-corrected chi connectivity index (χ1v) is 7.71. The molecule has 1 aliphatic rings. The molecule has 0 unspecified atom stereocenters. The van der Waals surface area contributed by atoms with Gasteiger partial charge in [0.15, 0.2) is 6.19 Å². The average molecular weight is 306 g/mol. The van der Waals surface area contributed by atoms with Crippen LogP contribution in [-0.2, 0) is 0 Å². The first-order valence-electron chi connectivity index (χ1n) is 7.71. The number of rotatable bonds is 6. The van der Waals surface area contributed by atoms with Gasteiger partial charge in [0.2, 0.25) is 5.95 Å². The normalized spacial score (nSPS) is 14.8. The van der Waals surface area contributed by atoms with Crippen LogP contribution in [0.25, 0.3) is 0 Å². The van der Waals surface area contributed by atoms with Gasteiger partial charge in [-0.2, -0.15) is 10.2 Å². The third-order valence-electron chi connectivity index (χ3n) is 3.53. The van der Waals surface area contributed by atoms with E-state index in [1.54, 1.807) is 4.90 Å². The maximum atomic E-state index is 11.8. The van der Waals surface area contributed by atoms with Gasteiger partial charge in [-0.3, -0.25) is 0 Å². The van der Waals surface area contributed by atoms with E-state index >= 15 is 0 Å². The minimum absolute atomic E-state index is 0.335. The van der Waals surface area contributed by atoms with E-state index in [1.807, 2.05) is 9.80 Å². The molecule has 0 spiro atoms. The summed E-state index contributed by atoms with van der Waals surface area (Å²) in [5.41, 5.74) is 0. The summed E-state index contributed by atoms with van der Waals surface area (Å²) in [6.07, 6.45) is 4.02. The minimum Gasteiger partial charge on any atom is -0.374 e. The molecule has 0 radical (unpaired) electrons. The molecular weight excluding hydrogens is 284 g/mol. The lowest BCUT2D eigenvalue weighted by molar-refractivity contribution is 0.357. The Labute approximate surface area is 130 Å². The van der Waals surface area contributed by atoms with Gasteiger partial charge in [0, 0.05) is 39.3 Å². The van der Waals surface area contributed by atoms with E-state index in [4.69, 9.17) is 9.68 Å². The van der Waals surface area contributed by atoms with Crippen LogP contribution in [0.2, 0.25) is 0 Å². The van der Waals surface area contributed by atoms with Crippen molar-refractivity contribution in [2.24, 2.45) is 0 Å². The van der Waals surface area contributed by atoms with Crippen molar-refractivity contribution in [3.63, 3.8) is 0 Å². The number of hydrogen-bond acceptors (Lipinski definition) is 8. The van der Waals surface area contributed by atoms with Crippen LogP contribution >= 0.6 is 0 Å². The fourth-order valence-electron chi connectivity index (χ4n) is 2.44. The topological polar surface area (TPSA) is 89.5 Å². The summed E-state index contributed by atoms with van der Waals surface area (Å²) in [6, 6.07) is 0.335. The molecule has 0 amide bonds. The lowest BCUT2D eigenvalue weighted by Crippen LogP contribution is -2.45. The summed E-state index contributed by atoms with van der Waals surface area (Å²) >= 11 is 0. The zero-order valence-electron chi connectivity index (χ0n) is 13.2. The summed E-state index contributed by atoms with van der Waals surface area (Å²) in [6.45, 7) is 8.20. The van der Waals surface area contributed by atoms with Crippen molar-refractivity contribution < 1.29 is 4.42 Å². The zero-order chi connectivity index (χ0) is 15.9. The highest BCUT2D eigenvalue weighted by Crippen LogP contribution is 2.15. The molecule has 1 saturated heterocycles. The van der Waals surface area contributed by atoms with Crippen LogP contribution in [0, 0.1) is 11.5 Å². The molecule has 22 heavy (non-hydrogen) atoms. The van der Waals surface area contributed by atoms with E-state index in [0.717, 1.165) is 25.9 Å². The fourth-order valence-corrected chi connectivity index (χ4v) is 2.44. The Balaban J connectivity index is 2.19. The second-order valence-electron chi connectivity index (χ2n) is 5.24. The first-order chi connectivity index (χ1) is 10.7. The second-order valence-corrected chi connectivity index (χ2v) is 5.24. The quantitative estimate of drug-likeness (QED) is 0.708. The third kappa shape index (κ3) is 3.87. The maximum absolute atomic E-state index is 11.8. The molecule has 0 bridgehead atoms. The molecule has 0 saturated carbocycles. The molecule has 0 aliphatic carbocycles. The number of nitrogens with zero attached hydrogens (tertiary/aromatic N) is 6. The molecule has 8 heteroatoms. The van der Waals surface area contributed by atoms with Crippen LogP contribution < -0.4 is 15.6 Å². The molecule has 2 heterocycles. The maximum Gasteiger partial charge on any atom is 0.444 e. The van der Waals surface area contributed by atoms with Crippen molar-refractivity contribution in [1.82, 2.24) is 14.9 Å². The monoisotopic (exact) mass is 306 g/mol. The van der Waals surface area contributed by atoms with Crippen molar-refractivity contribution in [3.8, 4) is 6.19 Å². The standard InChI is InChI=1S/C14H22N6O2/c1-3-5-20(6-4-2)13-16-12(17-14(21)22-13)19-9-7-18(11-15)8-10-19/h3-10H2,1-2H3. The van der Waals surface area contributed by atoms with E-state index in [2.05, 4.69) is 30.0 Å². The van der Waals surface area contributed by atoms with Crippen molar-refractivity contribution in [2.75, 3.05) is 49.1 Å². The Hall–Kier alpha value is -2.30. The van der Waals surface area contributed by atoms with Crippen LogP contribution in [0.4, 0.5) is 12.0 Å². The van der Waals surface area contributed by atoms with Gasteiger partial charge >= 0.3 is 11.8 Å². The molecular formula is C14H22N6O2. The van der Waals surface area contributed by atoms with Gasteiger partial charge < -0.3 is 19.1 Å². The molecule has 1 aromatic heterocycles. The third-order valence-corrected chi connectivity index (χ3v) is 3.53. The van der Waals surface area contributed by atoms with Gasteiger partial charge in [-0.25, -0.2) is 4.79 Å². The van der Waals surface area contributed by atoms with Crippen LogP contribution in [0.15, 0.2) is 9.21 Å². The predicted molar refractivity (Wildman–Crippen MR) is 82.8 cm³/mol. The van der Waals surface area contributed by atoms with Gasteiger partial charge in [-0.15, -0.1) is 4.98 Å². The lowest BCUT2D eigenvalue weighted by atomic mass is 10.3. The van der Waals surface area contributed by atoms with E-state index in [-0.39, 0.29) is 0 Å². The van der Waals surface area contributed by atoms with Crippen molar-refractivity contribution >= 4 is 12.0 Å². The largest absolute Gasteiger partial charge is 0.444 e. The number of piperazine rings is 1. The van der Waals surface area contributed by atoms with Gasteiger partial charge in [-0.1, -0.05) is 13.8 Å². The van der Waals surface area contributed by atoms with Gasteiger partial charge in [0.1, 0.15) is 0 Å². The molecule has 2 rings (SSSR count). The molecule has 0 N–H and O–H groups in total. The van der Waals surface area contributed by atoms with Crippen LogP contribution in [-0.4, -0.2) is 54.1 Å². The number of hydrogen-bond donors (Lipinski definition) is 0. The van der Waals surface area contributed by atoms with E-state index in [0.29, 0.717) is 38.1 Å². The molecule has 1 aromatic rings.